The van der Waals surface area contributed by atoms with Crippen LogP contribution in [0, 0.1) is 11.7 Å². The van der Waals surface area contributed by atoms with Crippen LogP contribution in [0.25, 0.3) is 22.2 Å². The van der Waals surface area contributed by atoms with Crippen LogP contribution < -0.4 is 15.4 Å². The van der Waals surface area contributed by atoms with Crippen molar-refractivity contribution in [2.45, 2.75) is 33.4 Å². The van der Waals surface area contributed by atoms with Crippen LogP contribution in [-0.4, -0.2) is 28.4 Å². The van der Waals surface area contributed by atoms with E-state index in [1.807, 2.05) is 61.7 Å². The zero-order chi connectivity index (χ0) is 29.6. The first-order chi connectivity index (χ1) is 20.2. The van der Waals surface area contributed by atoms with Crippen LogP contribution >= 0.6 is 27.3 Å². The minimum atomic E-state index is -2.29. The summed E-state index contributed by atoms with van der Waals surface area (Å²) in [6, 6.07) is 17.8. The summed E-state index contributed by atoms with van der Waals surface area (Å²) in [6.45, 7) is 4.53. The number of benzene rings is 3. The molecule has 8 nitrogen and oxygen atoms in total. The quantitative estimate of drug-likeness (QED) is 0.152. The van der Waals surface area contributed by atoms with Gasteiger partial charge in [-0.3, -0.25) is 5.32 Å². The molecule has 0 radical (unpaired) electrons. The Balaban J connectivity index is 1.31. The SMILES string of the molecule is CC(C)CC(NCc1nc(-c2ccc3ncnc(Nc4ccc(OCc5cccc(F)c5)c(Br)c4)c3c2)cs1)=S(=O)=O. The third kappa shape index (κ3) is 7.57. The highest BCUT2D eigenvalue weighted by atomic mass is 79.9. The number of aromatic nitrogens is 3. The molecule has 2 heterocycles. The molecule has 0 unspecified atom stereocenters. The summed E-state index contributed by atoms with van der Waals surface area (Å²) in [5.41, 5.74) is 3.97. The third-order valence-electron chi connectivity index (χ3n) is 6.19. The molecule has 2 aromatic heterocycles. The Bertz CT molecular complexity index is 1870. The van der Waals surface area contributed by atoms with Gasteiger partial charge in [0, 0.05) is 22.0 Å². The van der Waals surface area contributed by atoms with Gasteiger partial charge in [-0.05, 0) is 76.3 Å². The minimum Gasteiger partial charge on any atom is -0.488 e. The van der Waals surface area contributed by atoms with Gasteiger partial charge >= 0.3 is 0 Å². The maximum Gasteiger partial charge on any atom is 0.228 e. The molecule has 5 rings (SSSR count). The number of anilines is 2. The van der Waals surface area contributed by atoms with Crippen molar-refractivity contribution in [2.24, 2.45) is 5.92 Å². The molecule has 0 aliphatic carbocycles. The lowest BCUT2D eigenvalue weighted by Gasteiger charge is -2.12. The number of halogens is 2. The largest absolute Gasteiger partial charge is 0.488 e. The molecule has 3 aromatic carbocycles. The molecule has 0 spiro atoms. The van der Waals surface area contributed by atoms with E-state index in [2.05, 4.69) is 36.5 Å². The van der Waals surface area contributed by atoms with Crippen molar-refractivity contribution in [3.05, 3.63) is 93.2 Å². The molecular formula is C30H27BrFN5O3S2. The zero-order valence-electron chi connectivity index (χ0n) is 22.8. The van der Waals surface area contributed by atoms with Gasteiger partial charge in [-0.25, -0.2) is 19.3 Å². The number of hydrogen-bond donors (Lipinski definition) is 2. The van der Waals surface area contributed by atoms with E-state index >= 15 is 0 Å². The molecule has 0 amide bonds. The average molecular weight is 669 g/mol. The van der Waals surface area contributed by atoms with Crippen molar-refractivity contribution in [1.82, 2.24) is 20.3 Å². The number of fused-ring (bicyclic) bond motifs is 1. The highest BCUT2D eigenvalue weighted by Gasteiger charge is 2.12. The second-order valence-corrected chi connectivity index (χ2v) is 12.6. The molecule has 0 atom stereocenters. The molecule has 5 aromatic rings. The first-order valence-electron chi connectivity index (χ1n) is 13.1. The normalized spacial score (nSPS) is 11.2. The van der Waals surface area contributed by atoms with E-state index in [9.17, 15) is 12.8 Å². The van der Waals surface area contributed by atoms with E-state index in [-0.39, 0.29) is 23.3 Å². The molecule has 12 heteroatoms. The smallest absolute Gasteiger partial charge is 0.228 e. The Morgan fingerprint density at radius 2 is 1.95 bits per heavy atom. The maximum atomic E-state index is 13.5. The number of rotatable bonds is 10. The monoisotopic (exact) mass is 667 g/mol. The highest BCUT2D eigenvalue weighted by Crippen LogP contribution is 2.33. The molecule has 0 fully saturated rings. The Kier molecular flexibility index (Phi) is 9.58. The van der Waals surface area contributed by atoms with Gasteiger partial charge in [0.1, 0.15) is 40.3 Å². The summed E-state index contributed by atoms with van der Waals surface area (Å²) in [5, 5.41) is 9.93. The topological polar surface area (TPSA) is 106 Å². The fourth-order valence-corrected chi connectivity index (χ4v) is 6.10. The van der Waals surface area contributed by atoms with Gasteiger partial charge in [0.25, 0.3) is 0 Å². The zero-order valence-corrected chi connectivity index (χ0v) is 26.0. The van der Waals surface area contributed by atoms with Crippen LogP contribution in [0.2, 0.25) is 0 Å². The number of ether oxygens (including phenoxy) is 1. The Morgan fingerprint density at radius 3 is 2.71 bits per heavy atom. The van der Waals surface area contributed by atoms with Crippen molar-refractivity contribution in [3.63, 3.8) is 0 Å². The van der Waals surface area contributed by atoms with Crippen molar-refractivity contribution in [3.8, 4) is 17.0 Å². The van der Waals surface area contributed by atoms with Gasteiger partial charge in [0.2, 0.25) is 10.3 Å². The Morgan fingerprint density at radius 1 is 1.10 bits per heavy atom. The van der Waals surface area contributed by atoms with Gasteiger partial charge in [-0.1, -0.05) is 32.0 Å². The Hall–Kier alpha value is -3.71. The molecule has 0 aliphatic rings. The van der Waals surface area contributed by atoms with E-state index in [1.54, 1.807) is 6.07 Å². The molecular weight excluding hydrogens is 641 g/mol. The van der Waals surface area contributed by atoms with Gasteiger partial charge in [0.15, 0.2) is 0 Å². The number of hydrogen-bond acceptors (Lipinski definition) is 8. The van der Waals surface area contributed by atoms with Crippen molar-refractivity contribution in [2.75, 3.05) is 5.32 Å². The van der Waals surface area contributed by atoms with Crippen LogP contribution in [0.4, 0.5) is 15.9 Å². The summed E-state index contributed by atoms with van der Waals surface area (Å²) < 4.78 is 43.2. The molecule has 0 bridgehead atoms. The predicted molar refractivity (Wildman–Crippen MR) is 169 cm³/mol. The van der Waals surface area contributed by atoms with Crippen LogP contribution in [0.1, 0.15) is 30.8 Å². The number of nitrogens with zero attached hydrogens (tertiary/aromatic N) is 3. The highest BCUT2D eigenvalue weighted by molar-refractivity contribution is 9.10. The van der Waals surface area contributed by atoms with E-state index in [0.29, 0.717) is 24.5 Å². The summed E-state index contributed by atoms with van der Waals surface area (Å²) in [6.07, 6.45) is 1.96. The molecule has 42 heavy (non-hydrogen) atoms. The van der Waals surface area contributed by atoms with E-state index in [0.717, 1.165) is 42.9 Å². The maximum absolute atomic E-state index is 13.5. The first-order valence-corrected chi connectivity index (χ1v) is 15.8. The summed E-state index contributed by atoms with van der Waals surface area (Å²) >= 11 is 5.03. The van der Waals surface area contributed by atoms with Crippen LogP contribution in [0.3, 0.4) is 0 Å². The lowest BCUT2D eigenvalue weighted by molar-refractivity contribution is 0.303. The van der Waals surface area contributed by atoms with Crippen LogP contribution in [0.15, 0.2) is 76.8 Å². The summed E-state index contributed by atoms with van der Waals surface area (Å²) in [7, 11) is -2.29. The fraction of sp³-hybridized carbons (Fsp3) is 0.200. The number of nitrogens with one attached hydrogen (secondary N) is 2. The van der Waals surface area contributed by atoms with E-state index < -0.39 is 10.3 Å². The fourth-order valence-electron chi connectivity index (χ4n) is 4.20. The van der Waals surface area contributed by atoms with Crippen molar-refractivity contribution < 1.29 is 17.5 Å². The lowest BCUT2D eigenvalue weighted by Crippen LogP contribution is -2.25. The standard InChI is InChI=1S/C30H27BrFN5O3S2/c1-18(2)10-29(42(38)39)33-14-28-37-26(16-41-28)20-6-8-25-23(12-20)30(35-17-34-25)36-22-7-9-27(24(31)13-22)40-15-19-4-3-5-21(32)11-19/h3-9,11-13,16-18,33H,10,14-15H2,1-2H3,(H,34,35,36). The van der Waals surface area contributed by atoms with Crippen molar-refractivity contribution in [1.29, 1.82) is 0 Å². The van der Waals surface area contributed by atoms with Crippen LogP contribution in [-0.2, 0) is 23.4 Å². The second-order valence-electron chi connectivity index (χ2n) is 9.88. The average Bonchev–Trinajstić information content (AvgIpc) is 3.44. The Labute approximate surface area is 256 Å². The molecule has 0 saturated carbocycles. The molecule has 0 saturated heterocycles. The van der Waals surface area contributed by atoms with Crippen LogP contribution in [0.5, 0.6) is 5.75 Å². The third-order valence-corrected chi connectivity index (χ3v) is 8.37. The minimum absolute atomic E-state index is 0.221. The number of thiazole rings is 1. The molecule has 0 aliphatic heterocycles. The van der Waals surface area contributed by atoms with Gasteiger partial charge in [0.05, 0.1) is 22.2 Å². The van der Waals surface area contributed by atoms with E-state index in [1.165, 1.54) is 29.8 Å². The van der Waals surface area contributed by atoms with Gasteiger partial charge in [-0.2, -0.15) is 8.42 Å². The van der Waals surface area contributed by atoms with Crippen molar-refractivity contribution >= 4 is 65.0 Å². The summed E-state index contributed by atoms with van der Waals surface area (Å²) in [4.78, 5) is 13.9. The van der Waals surface area contributed by atoms with E-state index in [4.69, 9.17) is 9.72 Å². The van der Waals surface area contributed by atoms with Gasteiger partial charge in [-0.15, -0.1) is 11.3 Å². The first kappa shape index (κ1) is 29.8. The molecule has 2 N–H and O–H groups in total. The molecule has 216 valence electrons. The second kappa shape index (κ2) is 13.5. The summed E-state index contributed by atoms with van der Waals surface area (Å²) in [5.74, 6) is 1.18. The lowest BCUT2D eigenvalue weighted by atomic mass is 10.1. The predicted octanol–water partition coefficient (Wildman–Crippen LogP) is 7.12. The van der Waals surface area contributed by atoms with Gasteiger partial charge < -0.3 is 10.1 Å².